The van der Waals surface area contributed by atoms with Gasteiger partial charge in [0.1, 0.15) is 12.2 Å². The molecule has 0 spiro atoms. The molecule has 0 fully saturated rings. The molecule has 22 heavy (non-hydrogen) atoms. The van der Waals surface area contributed by atoms with E-state index in [2.05, 4.69) is 21.8 Å². The number of aliphatic imine (C=N–C) groups is 1. The number of aryl methyl sites for hydroxylation is 1. The molecular weight excluding hydrogens is 296 g/mol. The van der Waals surface area contributed by atoms with E-state index in [0.29, 0.717) is 11.6 Å². The van der Waals surface area contributed by atoms with Crippen molar-refractivity contribution in [1.29, 1.82) is 0 Å². The number of halogens is 1. The second-order valence-corrected chi connectivity index (χ2v) is 5.67. The van der Waals surface area contributed by atoms with Gasteiger partial charge in [0, 0.05) is 21.2 Å². The topological polar surface area (TPSA) is 34.1 Å². The fourth-order valence-electron chi connectivity index (χ4n) is 2.78. The normalized spacial score (nSPS) is 13.1. The number of hydrogen-bond donors (Lipinski definition) is 0. The van der Waals surface area contributed by atoms with Crippen LogP contribution in [-0.4, -0.2) is 15.5 Å². The van der Waals surface area contributed by atoms with E-state index in [1.165, 1.54) is 0 Å². The lowest BCUT2D eigenvalue weighted by molar-refractivity contribution is -0.605. The summed E-state index contributed by atoms with van der Waals surface area (Å²) in [5.74, 6) is 1.04. The van der Waals surface area contributed by atoms with Crippen LogP contribution in [0.1, 0.15) is 17.0 Å². The third-order valence-electron chi connectivity index (χ3n) is 3.89. The van der Waals surface area contributed by atoms with Gasteiger partial charge in [-0.3, -0.25) is 4.99 Å². The van der Waals surface area contributed by atoms with Crippen molar-refractivity contribution in [3.63, 3.8) is 0 Å². The largest absolute Gasteiger partial charge is 0.273 e. The van der Waals surface area contributed by atoms with Crippen LogP contribution in [0.4, 0.5) is 0 Å². The SMILES string of the molecule is Cn1nc[n+]2c1CN=C(c1ccccc1)c1cc(Cl)ccc1-2. The molecule has 1 aliphatic heterocycles. The van der Waals surface area contributed by atoms with E-state index in [0.717, 1.165) is 28.4 Å². The lowest BCUT2D eigenvalue weighted by Crippen LogP contribution is -2.34. The van der Waals surface area contributed by atoms with Crippen LogP contribution in [0.3, 0.4) is 0 Å². The van der Waals surface area contributed by atoms with Crippen LogP contribution in [0.2, 0.25) is 5.02 Å². The molecule has 5 heteroatoms. The van der Waals surface area contributed by atoms with Crippen LogP contribution in [-0.2, 0) is 13.6 Å². The first-order chi connectivity index (χ1) is 10.7. The molecular formula is C17H14ClN4+. The van der Waals surface area contributed by atoms with Gasteiger partial charge in [-0.25, -0.2) is 0 Å². The van der Waals surface area contributed by atoms with E-state index in [1.807, 2.05) is 54.5 Å². The molecule has 0 saturated heterocycles. The highest BCUT2D eigenvalue weighted by Crippen LogP contribution is 2.23. The first-order valence-electron chi connectivity index (χ1n) is 7.07. The minimum absolute atomic E-state index is 0.576. The van der Waals surface area contributed by atoms with Crippen molar-refractivity contribution in [3.05, 3.63) is 76.8 Å². The van der Waals surface area contributed by atoms with Crippen molar-refractivity contribution >= 4 is 17.3 Å². The summed E-state index contributed by atoms with van der Waals surface area (Å²) in [5, 5.41) is 5.04. The Kier molecular flexibility index (Phi) is 3.05. The molecule has 0 N–H and O–H groups in total. The lowest BCUT2D eigenvalue weighted by atomic mass is 10.0. The predicted molar refractivity (Wildman–Crippen MR) is 85.5 cm³/mol. The number of nitrogens with zero attached hydrogens (tertiary/aromatic N) is 4. The van der Waals surface area contributed by atoms with Crippen LogP contribution in [0.5, 0.6) is 0 Å². The van der Waals surface area contributed by atoms with Gasteiger partial charge in [0.15, 0.2) is 0 Å². The number of benzene rings is 2. The van der Waals surface area contributed by atoms with Gasteiger partial charge in [-0.15, -0.1) is 4.68 Å². The molecule has 2 aromatic carbocycles. The summed E-state index contributed by atoms with van der Waals surface area (Å²) in [6.45, 7) is 0.576. The maximum Gasteiger partial charge on any atom is 0.270 e. The Morgan fingerprint density at radius 2 is 1.95 bits per heavy atom. The summed E-state index contributed by atoms with van der Waals surface area (Å²) >= 11 is 6.23. The van der Waals surface area contributed by atoms with E-state index in [9.17, 15) is 0 Å². The summed E-state index contributed by atoms with van der Waals surface area (Å²) in [7, 11) is 1.93. The summed E-state index contributed by atoms with van der Waals surface area (Å²) in [5.41, 5.74) is 4.12. The van der Waals surface area contributed by atoms with Gasteiger partial charge >= 0.3 is 0 Å². The fraction of sp³-hybridized carbons (Fsp3) is 0.118. The Balaban J connectivity index is 2.01. The van der Waals surface area contributed by atoms with E-state index in [-0.39, 0.29) is 0 Å². The van der Waals surface area contributed by atoms with Crippen molar-refractivity contribution < 1.29 is 4.57 Å². The monoisotopic (exact) mass is 309 g/mol. The third kappa shape index (κ3) is 2.04. The maximum absolute atomic E-state index is 6.23. The molecule has 2 heterocycles. The zero-order valence-electron chi connectivity index (χ0n) is 12.1. The van der Waals surface area contributed by atoms with Gasteiger partial charge in [0.2, 0.25) is 0 Å². The quantitative estimate of drug-likeness (QED) is 0.636. The highest BCUT2D eigenvalue weighted by molar-refractivity contribution is 6.31. The van der Waals surface area contributed by atoms with Crippen molar-refractivity contribution in [2.45, 2.75) is 6.54 Å². The van der Waals surface area contributed by atoms with Gasteiger partial charge in [0.25, 0.3) is 12.2 Å². The zero-order chi connectivity index (χ0) is 15.1. The molecule has 1 aromatic heterocycles. The second kappa shape index (κ2) is 5.07. The molecule has 3 aromatic rings. The van der Waals surface area contributed by atoms with Crippen LogP contribution >= 0.6 is 11.6 Å². The summed E-state index contributed by atoms with van der Waals surface area (Å²) < 4.78 is 3.93. The fourth-order valence-corrected chi connectivity index (χ4v) is 2.96. The Labute approximate surface area is 133 Å². The van der Waals surface area contributed by atoms with Gasteiger partial charge in [-0.1, -0.05) is 41.9 Å². The second-order valence-electron chi connectivity index (χ2n) is 5.23. The molecule has 4 rings (SSSR count). The molecule has 0 radical (unpaired) electrons. The van der Waals surface area contributed by atoms with E-state index in [1.54, 1.807) is 0 Å². The molecule has 0 amide bonds. The number of fused-ring (bicyclic) bond motifs is 3. The van der Waals surface area contributed by atoms with E-state index >= 15 is 0 Å². The van der Waals surface area contributed by atoms with Gasteiger partial charge in [-0.2, -0.15) is 4.57 Å². The zero-order valence-corrected chi connectivity index (χ0v) is 12.8. The van der Waals surface area contributed by atoms with Crippen LogP contribution < -0.4 is 4.57 Å². The number of aromatic nitrogens is 3. The van der Waals surface area contributed by atoms with Crippen molar-refractivity contribution in [2.24, 2.45) is 12.0 Å². The van der Waals surface area contributed by atoms with E-state index in [4.69, 9.17) is 16.6 Å². The highest BCUT2D eigenvalue weighted by Gasteiger charge is 2.25. The minimum Gasteiger partial charge on any atom is -0.273 e. The average molecular weight is 310 g/mol. The van der Waals surface area contributed by atoms with Crippen molar-refractivity contribution in [2.75, 3.05) is 0 Å². The summed E-state index contributed by atoms with van der Waals surface area (Å²) in [4.78, 5) is 4.83. The summed E-state index contributed by atoms with van der Waals surface area (Å²) in [6, 6.07) is 16.1. The molecule has 0 saturated carbocycles. The Morgan fingerprint density at radius 1 is 1.14 bits per heavy atom. The number of hydrogen-bond acceptors (Lipinski definition) is 2. The molecule has 108 valence electrons. The maximum atomic E-state index is 6.23. The molecule has 0 atom stereocenters. The number of rotatable bonds is 1. The van der Waals surface area contributed by atoms with Crippen LogP contribution in [0.15, 0.2) is 59.9 Å². The van der Waals surface area contributed by atoms with Crippen LogP contribution in [0.25, 0.3) is 5.69 Å². The molecule has 0 unspecified atom stereocenters. The molecule has 0 bridgehead atoms. The first-order valence-corrected chi connectivity index (χ1v) is 7.44. The predicted octanol–water partition coefficient (Wildman–Crippen LogP) is 2.70. The third-order valence-corrected chi connectivity index (χ3v) is 4.13. The first kappa shape index (κ1) is 13.2. The smallest absolute Gasteiger partial charge is 0.270 e. The lowest BCUT2D eigenvalue weighted by Gasteiger charge is -2.09. The van der Waals surface area contributed by atoms with E-state index < -0.39 is 0 Å². The molecule has 0 aliphatic carbocycles. The summed E-state index contributed by atoms with van der Waals surface area (Å²) in [6.07, 6.45) is 1.82. The minimum atomic E-state index is 0.576. The average Bonchev–Trinajstić information content (AvgIpc) is 2.82. The van der Waals surface area contributed by atoms with Gasteiger partial charge in [-0.05, 0) is 18.2 Å². The standard InChI is InChI=1S/C17H14ClN4/c1-21-16-10-19-17(12-5-3-2-4-6-12)14-9-13(18)7-8-15(14)22(16)11-20-21/h2-9,11H,10H2,1H3/q+1. The molecule has 4 nitrogen and oxygen atoms in total. The molecule has 1 aliphatic rings. The van der Waals surface area contributed by atoms with Crippen molar-refractivity contribution in [3.8, 4) is 5.69 Å². The van der Waals surface area contributed by atoms with Crippen LogP contribution in [0, 0.1) is 0 Å². The van der Waals surface area contributed by atoms with Gasteiger partial charge in [0.05, 0.1) is 12.8 Å². The van der Waals surface area contributed by atoms with Crippen molar-refractivity contribution in [1.82, 2.24) is 9.78 Å². The van der Waals surface area contributed by atoms with Gasteiger partial charge < -0.3 is 0 Å². The Bertz CT molecular complexity index is 881. The highest BCUT2D eigenvalue weighted by atomic mass is 35.5. The Hall–Kier alpha value is -2.46. The Morgan fingerprint density at radius 3 is 2.77 bits per heavy atom.